The van der Waals surface area contributed by atoms with Crippen LogP contribution in [0.3, 0.4) is 0 Å². The molecule has 0 aromatic rings. The summed E-state index contributed by atoms with van der Waals surface area (Å²) in [6.07, 6.45) is 69.2. The Morgan fingerprint density at radius 3 is 0.925 bits per heavy atom. The first-order valence-corrected chi connectivity index (χ1v) is 28.8. The first kappa shape index (κ1) is 64.1. The molecule has 0 aromatic heterocycles. The average molecular weight is 938 g/mol. The van der Waals surface area contributed by atoms with Crippen molar-refractivity contribution in [2.45, 2.75) is 297 Å². The number of carbonyl (C=O) groups is 3. The lowest BCUT2D eigenvalue weighted by atomic mass is 10.0. The van der Waals surface area contributed by atoms with Crippen molar-refractivity contribution >= 4 is 17.9 Å². The van der Waals surface area contributed by atoms with E-state index in [1.54, 1.807) is 0 Å². The third-order valence-corrected chi connectivity index (χ3v) is 12.5. The number of allylic oxidation sites excluding steroid dienone is 10. The van der Waals surface area contributed by atoms with Crippen molar-refractivity contribution in [2.24, 2.45) is 0 Å². The smallest absolute Gasteiger partial charge is 0.306 e. The Labute approximate surface area is 415 Å². The molecule has 0 amide bonds. The van der Waals surface area contributed by atoms with Gasteiger partial charge in [0.25, 0.3) is 0 Å². The Hall–Kier alpha value is -2.89. The van der Waals surface area contributed by atoms with Crippen LogP contribution in [0.2, 0.25) is 0 Å². The number of unbranched alkanes of at least 4 members (excludes halogenated alkanes) is 31. The molecule has 0 heterocycles. The van der Waals surface area contributed by atoms with Gasteiger partial charge < -0.3 is 14.2 Å². The van der Waals surface area contributed by atoms with E-state index < -0.39 is 6.10 Å². The van der Waals surface area contributed by atoms with Gasteiger partial charge in [-0.25, -0.2) is 0 Å². The summed E-state index contributed by atoms with van der Waals surface area (Å²) in [4.78, 5) is 38.1. The Morgan fingerprint density at radius 2 is 0.582 bits per heavy atom. The van der Waals surface area contributed by atoms with Crippen molar-refractivity contribution in [3.05, 3.63) is 60.8 Å². The van der Waals surface area contributed by atoms with Crippen molar-refractivity contribution in [3.8, 4) is 0 Å². The maximum Gasteiger partial charge on any atom is 0.306 e. The highest BCUT2D eigenvalue weighted by Gasteiger charge is 2.19. The molecule has 0 aromatic carbocycles. The largest absolute Gasteiger partial charge is 0.462 e. The fourth-order valence-corrected chi connectivity index (χ4v) is 8.19. The highest BCUT2D eigenvalue weighted by atomic mass is 16.6. The molecule has 1 atom stereocenters. The number of carbonyl (C=O) groups excluding carboxylic acids is 3. The van der Waals surface area contributed by atoms with Gasteiger partial charge in [0.1, 0.15) is 13.2 Å². The monoisotopic (exact) mass is 937 g/mol. The van der Waals surface area contributed by atoms with Gasteiger partial charge in [-0.3, -0.25) is 14.4 Å². The molecule has 0 saturated heterocycles. The fraction of sp³-hybridized carbons (Fsp3) is 0.787. The van der Waals surface area contributed by atoms with E-state index in [1.165, 1.54) is 161 Å². The summed E-state index contributed by atoms with van der Waals surface area (Å²) < 4.78 is 16.9. The Bertz CT molecular complexity index is 1210. The number of esters is 3. The van der Waals surface area contributed by atoms with Gasteiger partial charge in [0.15, 0.2) is 6.10 Å². The number of ether oxygens (including phenoxy) is 3. The molecule has 0 spiro atoms. The van der Waals surface area contributed by atoms with Gasteiger partial charge in [0.2, 0.25) is 0 Å². The van der Waals surface area contributed by atoms with E-state index in [9.17, 15) is 14.4 Å². The second-order valence-corrected chi connectivity index (χ2v) is 19.2. The van der Waals surface area contributed by atoms with E-state index in [0.29, 0.717) is 19.3 Å². The second kappa shape index (κ2) is 55.7. The molecular weight excluding hydrogens is 829 g/mol. The van der Waals surface area contributed by atoms with Gasteiger partial charge in [-0.05, 0) is 83.5 Å². The molecule has 0 bridgehead atoms. The average Bonchev–Trinajstić information content (AvgIpc) is 3.33. The van der Waals surface area contributed by atoms with Gasteiger partial charge in [-0.15, -0.1) is 0 Å². The minimum Gasteiger partial charge on any atom is -0.462 e. The quantitative estimate of drug-likeness (QED) is 0.0262. The van der Waals surface area contributed by atoms with Gasteiger partial charge >= 0.3 is 17.9 Å². The molecule has 0 radical (unpaired) electrons. The van der Waals surface area contributed by atoms with Gasteiger partial charge in [0, 0.05) is 19.3 Å². The van der Waals surface area contributed by atoms with Crippen LogP contribution >= 0.6 is 0 Å². The van der Waals surface area contributed by atoms with E-state index in [1.807, 2.05) is 0 Å². The van der Waals surface area contributed by atoms with Crippen LogP contribution in [0.15, 0.2) is 60.8 Å². The van der Waals surface area contributed by atoms with E-state index >= 15 is 0 Å². The summed E-state index contributed by atoms with van der Waals surface area (Å²) >= 11 is 0. The normalized spacial score (nSPS) is 12.5. The maximum atomic E-state index is 12.9. The van der Waals surface area contributed by atoms with Crippen LogP contribution in [0.5, 0.6) is 0 Å². The molecule has 0 saturated carbocycles. The van der Waals surface area contributed by atoms with Crippen molar-refractivity contribution in [2.75, 3.05) is 13.2 Å². The lowest BCUT2D eigenvalue weighted by Crippen LogP contribution is -2.30. The van der Waals surface area contributed by atoms with Gasteiger partial charge in [-0.2, -0.15) is 0 Å². The number of rotatable bonds is 52. The molecule has 6 nitrogen and oxygen atoms in total. The highest BCUT2D eigenvalue weighted by molar-refractivity contribution is 5.71. The topological polar surface area (TPSA) is 78.9 Å². The summed E-state index contributed by atoms with van der Waals surface area (Å²) in [7, 11) is 0. The zero-order chi connectivity index (χ0) is 48.6. The molecule has 0 rings (SSSR count). The Kier molecular flexibility index (Phi) is 53.3. The van der Waals surface area contributed by atoms with Gasteiger partial charge in [-0.1, -0.05) is 248 Å². The molecule has 67 heavy (non-hydrogen) atoms. The molecule has 0 aliphatic carbocycles. The predicted octanol–water partition coefficient (Wildman–Crippen LogP) is 19.2. The third-order valence-electron chi connectivity index (χ3n) is 12.5. The summed E-state index contributed by atoms with van der Waals surface area (Å²) in [5, 5.41) is 0. The van der Waals surface area contributed by atoms with Crippen LogP contribution in [0.4, 0.5) is 0 Å². The molecular formula is C61H108O6. The first-order chi connectivity index (χ1) is 33.0. The molecule has 0 N–H and O–H groups in total. The van der Waals surface area contributed by atoms with Gasteiger partial charge in [0.05, 0.1) is 0 Å². The van der Waals surface area contributed by atoms with Crippen molar-refractivity contribution in [1.82, 2.24) is 0 Å². The molecule has 388 valence electrons. The Balaban J connectivity index is 4.37. The van der Waals surface area contributed by atoms with Crippen LogP contribution in [0.25, 0.3) is 0 Å². The molecule has 1 unspecified atom stereocenters. The second-order valence-electron chi connectivity index (χ2n) is 19.2. The van der Waals surface area contributed by atoms with Crippen LogP contribution in [0, 0.1) is 0 Å². The molecule has 0 fully saturated rings. The summed E-state index contributed by atoms with van der Waals surface area (Å²) in [5.74, 6) is -0.886. The lowest BCUT2D eigenvalue weighted by Gasteiger charge is -2.18. The van der Waals surface area contributed by atoms with Crippen molar-refractivity contribution in [3.63, 3.8) is 0 Å². The van der Waals surface area contributed by atoms with E-state index in [0.717, 1.165) is 89.9 Å². The van der Waals surface area contributed by atoms with E-state index in [4.69, 9.17) is 14.2 Å². The summed E-state index contributed by atoms with van der Waals surface area (Å²) in [5.41, 5.74) is 0. The zero-order valence-corrected chi connectivity index (χ0v) is 44.4. The Morgan fingerprint density at radius 1 is 0.313 bits per heavy atom. The van der Waals surface area contributed by atoms with Crippen molar-refractivity contribution < 1.29 is 28.6 Å². The minimum atomic E-state index is -0.780. The SMILES string of the molecule is CC/C=C\C/C=C\C/C=C\C/C=C\CCCCCCCCC(=O)OCC(COC(=O)CCCCCCCCCCCCCC)OC(=O)CCCCCCCCC/C=C\CCCCCCCCC. The first-order valence-electron chi connectivity index (χ1n) is 28.8. The van der Waals surface area contributed by atoms with E-state index in [2.05, 4.69) is 81.5 Å². The summed E-state index contributed by atoms with van der Waals surface area (Å²) in [6.45, 7) is 6.53. The third kappa shape index (κ3) is 53.9. The van der Waals surface area contributed by atoms with Crippen LogP contribution in [-0.4, -0.2) is 37.2 Å². The predicted molar refractivity (Wildman–Crippen MR) is 288 cm³/mol. The standard InChI is InChI=1S/C61H108O6/c1-4-7-10-13-16-19-22-25-27-29-31-33-34-36-39-42-45-48-51-54-60(63)66-57-58(56-65-59(62)53-50-47-44-41-38-24-21-18-15-12-9-6-3)67-61(64)55-52-49-46-43-40-37-35-32-30-28-26-23-20-17-14-11-8-5-2/h7,10,16,19,25,27-28,30-31,33,58H,4-6,8-9,11-15,17-18,20-24,26,29,32,34-57H2,1-3H3/b10-7-,19-16-,27-25-,30-28-,33-31-. The highest BCUT2D eigenvalue weighted by Crippen LogP contribution is 2.16. The molecule has 0 aliphatic rings. The molecule has 0 aliphatic heterocycles. The minimum absolute atomic E-state index is 0.0780. The zero-order valence-electron chi connectivity index (χ0n) is 44.4. The van der Waals surface area contributed by atoms with Crippen LogP contribution in [0.1, 0.15) is 290 Å². The lowest BCUT2D eigenvalue weighted by molar-refractivity contribution is -0.167. The van der Waals surface area contributed by atoms with Crippen molar-refractivity contribution in [1.29, 1.82) is 0 Å². The van der Waals surface area contributed by atoms with Crippen LogP contribution in [-0.2, 0) is 28.6 Å². The van der Waals surface area contributed by atoms with E-state index in [-0.39, 0.29) is 31.1 Å². The van der Waals surface area contributed by atoms with Crippen LogP contribution < -0.4 is 0 Å². The number of hydrogen-bond acceptors (Lipinski definition) is 6. The maximum absolute atomic E-state index is 12.9. The molecule has 6 heteroatoms. The fourth-order valence-electron chi connectivity index (χ4n) is 8.19. The number of hydrogen-bond donors (Lipinski definition) is 0. The summed E-state index contributed by atoms with van der Waals surface area (Å²) in [6, 6.07) is 0.